The molecule has 1 aliphatic rings. The molecule has 18 heavy (non-hydrogen) atoms. The van der Waals surface area contributed by atoms with Crippen LogP contribution in [0.15, 0.2) is 12.1 Å². The predicted molar refractivity (Wildman–Crippen MR) is 66.9 cm³/mol. The van der Waals surface area contributed by atoms with Crippen molar-refractivity contribution in [1.29, 1.82) is 0 Å². The first-order valence-electron chi connectivity index (χ1n) is 6.09. The van der Waals surface area contributed by atoms with Crippen molar-refractivity contribution in [3.63, 3.8) is 0 Å². The molecule has 0 unspecified atom stereocenters. The molecular weight excluding hydrogens is 232 g/mol. The van der Waals surface area contributed by atoms with E-state index in [1.54, 1.807) is 24.1 Å². The van der Waals surface area contributed by atoms with Crippen LogP contribution in [0.2, 0.25) is 0 Å². The second-order valence-corrected chi connectivity index (χ2v) is 4.58. The van der Waals surface area contributed by atoms with Crippen LogP contribution in [0.1, 0.15) is 23.3 Å². The van der Waals surface area contributed by atoms with Gasteiger partial charge in [0.2, 0.25) is 0 Å². The Bertz CT molecular complexity index is 401. The number of rotatable bonds is 3. The van der Waals surface area contributed by atoms with Crippen LogP contribution in [0.4, 0.5) is 5.82 Å². The molecule has 6 heteroatoms. The molecule has 1 aliphatic heterocycles. The maximum absolute atomic E-state index is 12.1. The molecule has 2 heterocycles. The Hall–Kier alpha value is -1.69. The molecule has 98 valence electrons. The quantitative estimate of drug-likeness (QED) is 0.847. The van der Waals surface area contributed by atoms with Crippen molar-refractivity contribution in [3.05, 3.63) is 17.8 Å². The van der Waals surface area contributed by atoms with Crippen LogP contribution in [-0.2, 0) is 4.74 Å². The predicted octanol–water partition coefficient (Wildman–Crippen LogP) is 0.557. The Kier molecular flexibility index (Phi) is 4.09. The standard InChI is InChI=1S/C12H18N4O2/c1-16(8-9-4-6-18-7-5-9)12(17)10-2-3-11(13)15-14-10/h2-3,9H,4-8H2,1H3,(H2,13,15). The highest BCUT2D eigenvalue weighted by atomic mass is 16.5. The Morgan fingerprint density at radius 3 is 2.78 bits per heavy atom. The Morgan fingerprint density at radius 1 is 1.44 bits per heavy atom. The van der Waals surface area contributed by atoms with Gasteiger partial charge in [-0.25, -0.2) is 0 Å². The summed E-state index contributed by atoms with van der Waals surface area (Å²) < 4.78 is 5.30. The van der Waals surface area contributed by atoms with E-state index < -0.39 is 0 Å². The summed E-state index contributed by atoms with van der Waals surface area (Å²) in [6, 6.07) is 3.19. The van der Waals surface area contributed by atoms with E-state index in [-0.39, 0.29) is 5.91 Å². The van der Waals surface area contributed by atoms with E-state index in [0.717, 1.165) is 32.6 Å². The van der Waals surface area contributed by atoms with Crippen molar-refractivity contribution >= 4 is 11.7 Å². The number of hydrogen-bond acceptors (Lipinski definition) is 5. The fourth-order valence-corrected chi connectivity index (χ4v) is 2.05. The van der Waals surface area contributed by atoms with E-state index in [4.69, 9.17) is 10.5 Å². The Morgan fingerprint density at radius 2 is 2.17 bits per heavy atom. The summed E-state index contributed by atoms with van der Waals surface area (Å²) >= 11 is 0. The maximum Gasteiger partial charge on any atom is 0.274 e. The van der Waals surface area contributed by atoms with Crippen molar-refractivity contribution in [2.24, 2.45) is 5.92 Å². The molecule has 1 fully saturated rings. The number of hydrogen-bond donors (Lipinski definition) is 1. The second kappa shape index (κ2) is 5.77. The molecule has 2 N–H and O–H groups in total. The van der Waals surface area contributed by atoms with Gasteiger partial charge in [0.05, 0.1) is 0 Å². The third-order valence-corrected chi connectivity index (χ3v) is 3.12. The maximum atomic E-state index is 12.1. The SMILES string of the molecule is CN(CC1CCOCC1)C(=O)c1ccc(N)nn1. The summed E-state index contributed by atoms with van der Waals surface area (Å²) in [7, 11) is 1.79. The first-order valence-corrected chi connectivity index (χ1v) is 6.09. The Balaban J connectivity index is 1.93. The summed E-state index contributed by atoms with van der Waals surface area (Å²) in [4.78, 5) is 13.8. The largest absolute Gasteiger partial charge is 0.382 e. The highest BCUT2D eigenvalue weighted by molar-refractivity contribution is 5.92. The van der Waals surface area contributed by atoms with Gasteiger partial charge < -0.3 is 15.4 Å². The second-order valence-electron chi connectivity index (χ2n) is 4.58. The minimum absolute atomic E-state index is 0.117. The van der Waals surface area contributed by atoms with Crippen molar-refractivity contribution in [3.8, 4) is 0 Å². The van der Waals surface area contributed by atoms with Gasteiger partial charge in [0.25, 0.3) is 5.91 Å². The molecular formula is C12H18N4O2. The molecule has 0 radical (unpaired) electrons. The zero-order valence-corrected chi connectivity index (χ0v) is 10.5. The van der Waals surface area contributed by atoms with Gasteiger partial charge in [-0.3, -0.25) is 4.79 Å². The molecule has 2 rings (SSSR count). The number of aromatic nitrogens is 2. The van der Waals surface area contributed by atoms with E-state index >= 15 is 0 Å². The van der Waals surface area contributed by atoms with Gasteiger partial charge in [-0.2, -0.15) is 0 Å². The average Bonchev–Trinajstić information content (AvgIpc) is 2.40. The van der Waals surface area contributed by atoms with Crippen LogP contribution in [0.5, 0.6) is 0 Å². The van der Waals surface area contributed by atoms with Crippen LogP contribution in [0.3, 0.4) is 0 Å². The number of carbonyl (C=O) groups excluding carboxylic acids is 1. The summed E-state index contributed by atoms with van der Waals surface area (Å²) in [5, 5.41) is 7.49. The van der Waals surface area contributed by atoms with Crippen molar-refractivity contribution in [2.75, 3.05) is 32.5 Å². The molecule has 0 bridgehead atoms. The molecule has 0 atom stereocenters. The molecule has 0 spiro atoms. The zero-order valence-electron chi connectivity index (χ0n) is 10.5. The fraction of sp³-hybridized carbons (Fsp3) is 0.583. The van der Waals surface area contributed by atoms with Gasteiger partial charge in [-0.15, -0.1) is 10.2 Å². The van der Waals surface area contributed by atoms with E-state index in [0.29, 0.717) is 17.4 Å². The van der Waals surface area contributed by atoms with Crippen LogP contribution in [0, 0.1) is 5.92 Å². The summed E-state index contributed by atoms with van der Waals surface area (Å²) in [6.45, 7) is 2.30. The van der Waals surface area contributed by atoms with Crippen LogP contribution in [0.25, 0.3) is 0 Å². The number of nitrogens with zero attached hydrogens (tertiary/aromatic N) is 3. The number of amides is 1. The lowest BCUT2D eigenvalue weighted by Crippen LogP contribution is -2.34. The number of ether oxygens (including phenoxy) is 1. The van der Waals surface area contributed by atoms with Gasteiger partial charge in [0.1, 0.15) is 5.82 Å². The fourth-order valence-electron chi connectivity index (χ4n) is 2.05. The normalized spacial score (nSPS) is 16.5. The molecule has 1 aromatic rings. The monoisotopic (exact) mass is 250 g/mol. The van der Waals surface area contributed by atoms with E-state index in [2.05, 4.69) is 10.2 Å². The zero-order chi connectivity index (χ0) is 13.0. The Labute approximate surface area is 106 Å². The summed E-state index contributed by atoms with van der Waals surface area (Å²) in [6.07, 6.45) is 2.01. The van der Waals surface area contributed by atoms with Crippen molar-refractivity contribution in [1.82, 2.24) is 15.1 Å². The third-order valence-electron chi connectivity index (χ3n) is 3.12. The number of anilines is 1. The van der Waals surface area contributed by atoms with Crippen LogP contribution < -0.4 is 5.73 Å². The molecule has 1 saturated heterocycles. The summed E-state index contributed by atoms with van der Waals surface area (Å²) in [5.74, 6) is 0.710. The van der Waals surface area contributed by atoms with E-state index in [9.17, 15) is 4.79 Å². The van der Waals surface area contributed by atoms with Gasteiger partial charge in [-0.1, -0.05) is 0 Å². The highest BCUT2D eigenvalue weighted by Gasteiger charge is 2.20. The first kappa shape index (κ1) is 12.8. The molecule has 0 aromatic carbocycles. The lowest BCUT2D eigenvalue weighted by atomic mass is 10.00. The minimum Gasteiger partial charge on any atom is -0.382 e. The topological polar surface area (TPSA) is 81.3 Å². The summed E-state index contributed by atoms with van der Waals surface area (Å²) in [5.41, 5.74) is 5.77. The lowest BCUT2D eigenvalue weighted by Gasteiger charge is -2.26. The molecule has 0 saturated carbocycles. The van der Waals surface area contributed by atoms with Gasteiger partial charge in [0.15, 0.2) is 5.69 Å². The molecule has 1 amide bonds. The van der Waals surface area contributed by atoms with Crippen LogP contribution in [-0.4, -0.2) is 47.8 Å². The average molecular weight is 250 g/mol. The van der Waals surface area contributed by atoms with Crippen LogP contribution >= 0.6 is 0 Å². The van der Waals surface area contributed by atoms with Gasteiger partial charge in [0, 0.05) is 26.8 Å². The number of carbonyl (C=O) groups is 1. The van der Waals surface area contributed by atoms with E-state index in [1.807, 2.05) is 0 Å². The highest BCUT2D eigenvalue weighted by Crippen LogP contribution is 2.16. The van der Waals surface area contributed by atoms with Crippen molar-refractivity contribution < 1.29 is 9.53 Å². The molecule has 0 aliphatic carbocycles. The first-order chi connectivity index (χ1) is 8.66. The van der Waals surface area contributed by atoms with Crippen molar-refractivity contribution in [2.45, 2.75) is 12.8 Å². The smallest absolute Gasteiger partial charge is 0.274 e. The number of nitrogens with two attached hydrogens (primary N) is 1. The third kappa shape index (κ3) is 3.16. The molecule has 1 aromatic heterocycles. The molecule has 6 nitrogen and oxygen atoms in total. The number of nitrogen functional groups attached to an aromatic ring is 1. The van der Waals surface area contributed by atoms with E-state index in [1.165, 1.54) is 0 Å². The van der Waals surface area contributed by atoms with Gasteiger partial charge in [-0.05, 0) is 30.9 Å². The minimum atomic E-state index is -0.117. The van der Waals surface area contributed by atoms with Gasteiger partial charge >= 0.3 is 0 Å². The lowest BCUT2D eigenvalue weighted by molar-refractivity contribution is 0.0494.